The minimum atomic E-state index is -3.23. The number of amides is 2. The standard InChI is InChI=1S/C11H18N4O5S/c1-7-6-8(9(14-7)10(16)17)15-11(18)12-4-3-5-13-21(2,19)20/h6,13-14H,3-5H2,1-2H3,(H,16,17)(H2,12,15,18). The Bertz CT molecular complexity index is 623. The molecule has 0 aromatic carbocycles. The van der Waals surface area contributed by atoms with E-state index in [0.29, 0.717) is 12.1 Å². The van der Waals surface area contributed by atoms with Gasteiger partial charge in [-0.05, 0) is 19.4 Å². The molecule has 1 aromatic heterocycles. The van der Waals surface area contributed by atoms with E-state index in [2.05, 4.69) is 20.3 Å². The van der Waals surface area contributed by atoms with Crippen LogP contribution >= 0.6 is 0 Å². The molecule has 21 heavy (non-hydrogen) atoms. The van der Waals surface area contributed by atoms with Gasteiger partial charge in [0.05, 0.1) is 11.9 Å². The molecule has 9 nitrogen and oxygen atoms in total. The summed E-state index contributed by atoms with van der Waals surface area (Å²) in [6.45, 7) is 2.13. The lowest BCUT2D eigenvalue weighted by atomic mass is 10.3. The lowest BCUT2D eigenvalue weighted by Gasteiger charge is -2.07. The summed E-state index contributed by atoms with van der Waals surface area (Å²) in [5.74, 6) is -1.17. The molecule has 0 aliphatic rings. The Morgan fingerprint density at radius 2 is 2.00 bits per heavy atom. The molecule has 0 atom stereocenters. The molecule has 10 heteroatoms. The first-order chi connectivity index (χ1) is 9.69. The highest BCUT2D eigenvalue weighted by Gasteiger charge is 2.14. The molecule has 5 N–H and O–H groups in total. The van der Waals surface area contributed by atoms with Crippen molar-refractivity contribution in [1.29, 1.82) is 0 Å². The molecular formula is C11H18N4O5S. The maximum Gasteiger partial charge on any atom is 0.354 e. The highest BCUT2D eigenvalue weighted by molar-refractivity contribution is 7.88. The Balaban J connectivity index is 2.39. The minimum absolute atomic E-state index is 0.0959. The van der Waals surface area contributed by atoms with Crippen LogP contribution in [-0.2, 0) is 10.0 Å². The minimum Gasteiger partial charge on any atom is -0.477 e. The number of carbonyl (C=O) groups excluding carboxylic acids is 1. The van der Waals surface area contributed by atoms with Crippen LogP contribution in [0.2, 0.25) is 0 Å². The Hall–Kier alpha value is -2.07. The van der Waals surface area contributed by atoms with Crippen LogP contribution in [0.5, 0.6) is 0 Å². The molecule has 118 valence electrons. The Kier molecular flexibility index (Phi) is 5.73. The first-order valence-corrected chi connectivity index (χ1v) is 8.00. The van der Waals surface area contributed by atoms with Crippen molar-refractivity contribution in [3.05, 3.63) is 17.5 Å². The lowest BCUT2D eigenvalue weighted by Crippen LogP contribution is -2.32. The van der Waals surface area contributed by atoms with Crippen LogP contribution in [0, 0.1) is 6.92 Å². The maximum atomic E-state index is 11.6. The van der Waals surface area contributed by atoms with Gasteiger partial charge in [0, 0.05) is 18.8 Å². The van der Waals surface area contributed by atoms with E-state index in [9.17, 15) is 18.0 Å². The number of hydrogen-bond acceptors (Lipinski definition) is 4. The van der Waals surface area contributed by atoms with E-state index in [1.807, 2.05) is 0 Å². The molecule has 0 saturated heterocycles. The van der Waals surface area contributed by atoms with Gasteiger partial charge in [-0.1, -0.05) is 0 Å². The number of carbonyl (C=O) groups is 2. The first kappa shape index (κ1) is 17.0. The molecular weight excluding hydrogens is 300 g/mol. The van der Waals surface area contributed by atoms with Crippen molar-refractivity contribution in [2.75, 3.05) is 24.7 Å². The monoisotopic (exact) mass is 318 g/mol. The smallest absolute Gasteiger partial charge is 0.354 e. The number of sulfonamides is 1. The zero-order valence-corrected chi connectivity index (χ0v) is 12.5. The highest BCUT2D eigenvalue weighted by Crippen LogP contribution is 2.16. The molecule has 0 spiro atoms. The third kappa shape index (κ3) is 6.27. The summed E-state index contributed by atoms with van der Waals surface area (Å²) < 4.78 is 23.9. The molecule has 1 heterocycles. The van der Waals surface area contributed by atoms with Crippen LogP contribution in [0.1, 0.15) is 22.6 Å². The second-order valence-corrected chi connectivity index (χ2v) is 6.28. The number of aryl methyl sites for hydroxylation is 1. The Morgan fingerprint density at radius 1 is 1.33 bits per heavy atom. The maximum absolute atomic E-state index is 11.6. The topological polar surface area (TPSA) is 140 Å². The summed E-state index contributed by atoms with van der Waals surface area (Å²) in [6, 6.07) is 0.949. The number of hydrogen-bond donors (Lipinski definition) is 5. The summed E-state index contributed by atoms with van der Waals surface area (Å²) in [7, 11) is -3.23. The van der Waals surface area contributed by atoms with Crippen LogP contribution in [0.25, 0.3) is 0 Å². The number of urea groups is 1. The van der Waals surface area contributed by atoms with Crippen molar-refractivity contribution >= 4 is 27.7 Å². The number of aromatic carboxylic acids is 1. The zero-order chi connectivity index (χ0) is 16.0. The van der Waals surface area contributed by atoms with Gasteiger partial charge < -0.3 is 20.7 Å². The number of anilines is 1. The molecule has 0 aliphatic heterocycles. The van der Waals surface area contributed by atoms with E-state index >= 15 is 0 Å². The first-order valence-electron chi connectivity index (χ1n) is 6.11. The van der Waals surface area contributed by atoms with Crippen LogP contribution < -0.4 is 15.4 Å². The van der Waals surface area contributed by atoms with Gasteiger partial charge in [-0.15, -0.1) is 0 Å². The van der Waals surface area contributed by atoms with E-state index in [-0.39, 0.29) is 24.5 Å². The number of H-pyrrole nitrogens is 1. The Labute approximate surface area is 122 Å². The largest absolute Gasteiger partial charge is 0.477 e. The molecule has 0 radical (unpaired) electrons. The van der Waals surface area contributed by atoms with E-state index in [4.69, 9.17) is 5.11 Å². The summed E-state index contributed by atoms with van der Waals surface area (Å²) in [4.78, 5) is 25.2. The number of carboxylic acid groups (broad SMARTS) is 1. The van der Waals surface area contributed by atoms with Crippen molar-refractivity contribution in [2.24, 2.45) is 0 Å². The number of aromatic amines is 1. The average molecular weight is 318 g/mol. The van der Waals surface area contributed by atoms with Gasteiger partial charge >= 0.3 is 12.0 Å². The van der Waals surface area contributed by atoms with E-state index in [0.717, 1.165) is 6.26 Å². The molecule has 1 rings (SSSR count). The van der Waals surface area contributed by atoms with E-state index < -0.39 is 22.0 Å². The van der Waals surface area contributed by atoms with Gasteiger partial charge in [-0.2, -0.15) is 0 Å². The molecule has 1 aromatic rings. The van der Waals surface area contributed by atoms with Crippen molar-refractivity contribution < 1.29 is 23.1 Å². The molecule has 0 bridgehead atoms. The van der Waals surface area contributed by atoms with Crippen LogP contribution in [0.3, 0.4) is 0 Å². The fourth-order valence-corrected chi connectivity index (χ4v) is 2.09. The van der Waals surface area contributed by atoms with E-state index in [1.165, 1.54) is 6.07 Å². The van der Waals surface area contributed by atoms with Gasteiger partial charge in [0.25, 0.3) is 0 Å². The van der Waals surface area contributed by atoms with Crippen molar-refractivity contribution in [3.8, 4) is 0 Å². The van der Waals surface area contributed by atoms with Crippen LogP contribution in [0.15, 0.2) is 6.07 Å². The second-order valence-electron chi connectivity index (χ2n) is 4.45. The lowest BCUT2D eigenvalue weighted by molar-refractivity contribution is 0.0692. The van der Waals surface area contributed by atoms with Gasteiger partial charge in [0.1, 0.15) is 5.69 Å². The van der Waals surface area contributed by atoms with Crippen molar-refractivity contribution in [3.63, 3.8) is 0 Å². The van der Waals surface area contributed by atoms with E-state index in [1.54, 1.807) is 6.92 Å². The summed E-state index contributed by atoms with van der Waals surface area (Å²) >= 11 is 0. The summed E-state index contributed by atoms with van der Waals surface area (Å²) in [6.07, 6.45) is 1.47. The van der Waals surface area contributed by atoms with Gasteiger partial charge in [0.15, 0.2) is 0 Å². The number of rotatable bonds is 7. The molecule has 0 fully saturated rings. The average Bonchev–Trinajstić information content (AvgIpc) is 2.68. The quantitative estimate of drug-likeness (QED) is 0.453. The zero-order valence-electron chi connectivity index (χ0n) is 11.7. The normalized spacial score (nSPS) is 11.1. The number of aromatic nitrogens is 1. The van der Waals surface area contributed by atoms with Crippen molar-refractivity contribution in [1.82, 2.24) is 15.0 Å². The third-order valence-electron chi connectivity index (χ3n) is 2.42. The van der Waals surface area contributed by atoms with Gasteiger partial charge in [0.2, 0.25) is 10.0 Å². The Morgan fingerprint density at radius 3 is 2.57 bits per heavy atom. The molecule has 0 saturated carbocycles. The predicted octanol–water partition coefficient (Wildman–Crippen LogP) is 0.0821. The summed E-state index contributed by atoms with van der Waals surface area (Å²) in [5, 5.41) is 13.9. The molecule has 0 unspecified atom stereocenters. The number of carboxylic acids is 1. The van der Waals surface area contributed by atoms with Crippen LogP contribution in [0.4, 0.5) is 10.5 Å². The second kappa shape index (κ2) is 7.09. The fourth-order valence-electron chi connectivity index (χ4n) is 1.57. The van der Waals surface area contributed by atoms with Gasteiger partial charge in [-0.25, -0.2) is 22.7 Å². The number of nitrogens with one attached hydrogen (secondary N) is 4. The van der Waals surface area contributed by atoms with Crippen molar-refractivity contribution in [2.45, 2.75) is 13.3 Å². The fraction of sp³-hybridized carbons (Fsp3) is 0.455. The summed E-state index contributed by atoms with van der Waals surface area (Å²) in [5.41, 5.74) is 0.688. The molecule has 0 aliphatic carbocycles. The SMILES string of the molecule is Cc1cc(NC(=O)NCCCNS(C)(=O)=O)c(C(=O)O)[nH]1. The molecule has 2 amide bonds. The highest BCUT2D eigenvalue weighted by atomic mass is 32.2. The predicted molar refractivity (Wildman–Crippen MR) is 77.0 cm³/mol. The third-order valence-corrected chi connectivity index (χ3v) is 3.15. The van der Waals surface area contributed by atoms with Gasteiger partial charge in [-0.3, -0.25) is 0 Å². The van der Waals surface area contributed by atoms with Crippen LogP contribution in [-0.4, -0.2) is 49.9 Å².